The maximum absolute atomic E-state index is 12.0. The first-order valence-corrected chi connectivity index (χ1v) is 7.63. The number of aromatic nitrogens is 2. The Kier molecular flexibility index (Phi) is 4.33. The molecule has 0 unspecified atom stereocenters. The number of carbonyl (C=O) groups excluding carboxylic acids is 1. The van der Waals surface area contributed by atoms with Gasteiger partial charge in [-0.05, 0) is 12.1 Å². The third-order valence-corrected chi connectivity index (χ3v) is 4.22. The fourth-order valence-corrected chi connectivity index (χ4v) is 2.88. The smallest absolute Gasteiger partial charge is 0.265 e. The number of amides is 1. The standard InChI is InChI=1S/C13H13ClN4O2S/c14-11-2-1-10(21-11)12(19)17-9-7-15-13(16-8-9)18-3-5-20-6-4-18/h1-2,7-8H,3-6H2,(H,17,19). The van der Waals surface area contributed by atoms with Crippen LogP contribution in [0.2, 0.25) is 4.34 Å². The van der Waals surface area contributed by atoms with Crippen LogP contribution in [0.1, 0.15) is 9.67 Å². The van der Waals surface area contributed by atoms with Gasteiger partial charge in [0, 0.05) is 13.1 Å². The Balaban J connectivity index is 1.65. The molecule has 0 aliphatic carbocycles. The molecule has 3 rings (SSSR count). The quantitative estimate of drug-likeness (QED) is 0.938. The molecule has 2 aromatic heterocycles. The first-order valence-electron chi connectivity index (χ1n) is 6.44. The molecule has 1 aliphatic rings. The second-order valence-corrected chi connectivity index (χ2v) is 6.14. The van der Waals surface area contributed by atoms with E-state index in [1.54, 1.807) is 24.5 Å². The number of nitrogens with one attached hydrogen (secondary N) is 1. The maximum Gasteiger partial charge on any atom is 0.265 e. The summed E-state index contributed by atoms with van der Waals surface area (Å²) < 4.78 is 5.87. The van der Waals surface area contributed by atoms with E-state index in [0.29, 0.717) is 34.1 Å². The van der Waals surface area contributed by atoms with Crippen molar-refractivity contribution in [3.8, 4) is 0 Å². The van der Waals surface area contributed by atoms with Crippen molar-refractivity contribution in [2.24, 2.45) is 0 Å². The lowest BCUT2D eigenvalue weighted by Gasteiger charge is -2.26. The van der Waals surface area contributed by atoms with E-state index in [2.05, 4.69) is 15.3 Å². The highest BCUT2D eigenvalue weighted by molar-refractivity contribution is 7.18. The molecule has 0 atom stereocenters. The number of ether oxygens (including phenoxy) is 1. The minimum atomic E-state index is -0.213. The molecule has 1 N–H and O–H groups in total. The van der Waals surface area contributed by atoms with E-state index in [1.165, 1.54) is 11.3 Å². The zero-order valence-electron chi connectivity index (χ0n) is 11.1. The summed E-state index contributed by atoms with van der Waals surface area (Å²) >= 11 is 7.04. The Morgan fingerprint density at radius 2 is 2.00 bits per heavy atom. The third-order valence-electron chi connectivity index (χ3n) is 2.99. The van der Waals surface area contributed by atoms with Gasteiger partial charge in [-0.2, -0.15) is 0 Å². The SMILES string of the molecule is O=C(Nc1cnc(N2CCOCC2)nc1)c1ccc(Cl)s1. The van der Waals surface area contributed by atoms with Crippen LogP contribution >= 0.6 is 22.9 Å². The normalized spacial score (nSPS) is 15.0. The van der Waals surface area contributed by atoms with Crippen LogP contribution in [0.4, 0.5) is 11.6 Å². The molecule has 1 amide bonds. The summed E-state index contributed by atoms with van der Waals surface area (Å²) in [5, 5.41) is 2.75. The largest absolute Gasteiger partial charge is 0.378 e. The molecule has 0 spiro atoms. The highest BCUT2D eigenvalue weighted by Gasteiger charge is 2.14. The number of nitrogens with zero attached hydrogens (tertiary/aromatic N) is 3. The molecule has 1 aliphatic heterocycles. The molecule has 2 aromatic rings. The van der Waals surface area contributed by atoms with Crippen LogP contribution in [0.15, 0.2) is 24.5 Å². The minimum absolute atomic E-state index is 0.213. The summed E-state index contributed by atoms with van der Waals surface area (Å²) in [4.78, 5) is 23.1. The molecule has 1 saturated heterocycles. The van der Waals surface area contributed by atoms with Crippen LogP contribution in [0.5, 0.6) is 0 Å². The number of rotatable bonds is 3. The molecule has 6 nitrogen and oxygen atoms in total. The van der Waals surface area contributed by atoms with Gasteiger partial charge in [0.15, 0.2) is 0 Å². The molecule has 8 heteroatoms. The Bertz CT molecular complexity index is 625. The molecule has 0 saturated carbocycles. The Morgan fingerprint density at radius 1 is 1.29 bits per heavy atom. The van der Waals surface area contributed by atoms with E-state index in [-0.39, 0.29) is 5.91 Å². The Labute approximate surface area is 130 Å². The van der Waals surface area contributed by atoms with Crippen LogP contribution in [-0.4, -0.2) is 42.2 Å². The molecule has 21 heavy (non-hydrogen) atoms. The minimum Gasteiger partial charge on any atom is -0.378 e. The van der Waals surface area contributed by atoms with Crippen molar-refractivity contribution in [3.05, 3.63) is 33.7 Å². The lowest BCUT2D eigenvalue weighted by molar-refractivity contribution is 0.103. The Hall–Kier alpha value is -1.70. The fourth-order valence-electron chi connectivity index (χ4n) is 1.94. The van der Waals surface area contributed by atoms with Crippen molar-refractivity contribution in [2.75, 3.05) is 36.5 Å². The number of thiophene rings is 1. The number of halogens is 1. The van der Waals surface area contributed by atoms with Crippen LogP contribution in [0.25, 0.3) is 0 Å². The summed E-state index contributed by atoms with van der Waals surface area (Å²) in [7, 11) is 0. The van der Waals surface area contributed by atoms with Gasteiger partial charge >= 0.3 is 0 Å². The summed E-state index contributed by atoms with van der Waals surface area (Å²) in [6.07, 6.45) is 3.20. The first kappa shape index (κ1) is 14.2. The van der Waals surface area contributed by atoms with Gasteiger partial charge in [-0.1, -0.05) is 11.6 Å². The van der Waals surface area contributed by atoms with E-state index in [4.69, 9.17) is 16.3 Å². The zero-order valence-corrected chi connectivity index (χ0v) is 12.7. The second-order valence-electron chi connectivity index (χ2n) is 4.43. The monoisotopic (exact) mass is 324 g/mol. The number of hydrogen-bond donors (Lipinski definition) is 1. The van der Waals surface area contributed by atoms with Crippen molar-refractivity contribution in [2.45, 2.75) is 0 Å². The lowest BCUT2D eigenvalue weighted by atomic mass is 10.4. The lowest BCUT2D eigenvalue weighted by Crippen LogP contribution is -2.37. The van der Waals surface area contributed by atoms with Crippen LogP contribution in [0, 0.1) is 0 Å². The van der Waals surface area contributed by atoms with Gasteiger partial charge in [0.1, 0.15) is 0 Å². The fraction of sp³-hybridized carbons (Fsp3) is 0.308. The van der Waals surface area contributed by atoms with Crippen molar-refractivity contribution in [3.63, 3.8) is 0 Å². The van der Waals surface area contributed by atoms with Gasteiger partial charge in [0.2, 0.25) is 5.95 Å². The van der Waals surface area contributed by atoms with E-state index in [0.717, 1.165) is 13.1 Å². The van der Waals surface area contributed by atoms with Gasteiger partial charge in [0.05, 0.1) is 40.5 Å². The molecule has 0 radical (unpaired) electrons. The molecule has 3 heterocycles. The van der Waals surface area contributed by atoms with Gasteiger partial charge < -0.3 is 15.0 Å². The molecule has 0 bridgehead atoms. The van der Waals surface area contributed by atoms with Gasteiger partial charge in [0.25, 0.3) is 5.91 Å². The maximum atomic E-state index is 12.0. The van der Waals surface area contributed by atoms with E-state index < -0.39 is 0 Å². The third kappa shape index (κ3) is 3.49. The van der Waals surface area contributed by atoms with Gasteiger partial charge in [-0.25, -0.2) is 9.97 Å². The molecular formula is C13H13ClN4O2S. The number of carbonyl (C=O) groups is 1. The Morgan fingerprint density at radius 3 is 2.62 bits per heavy atom. The van der Waals surface area contributed by atoms with Crippen LogP contribution in [-0.2, 0) is 4.74 Å². The summed E-state index contributed by atoms with van der Waals surface area (Å²) in [5.41, 5.74) is 0.557. The molecule has 110 valence electrons. The van der Waals surface area contributed by atoms with Crippen LogP contribution < -0.4 is 10.2 Å². The average Bonchev–Trinajstić information content (AvgIpc) is 2.96. The summed E-state index contributed by atoms with van der Waals surface area (Å²) in [6.45, 7) is 2.92. The number of morpholine rings is 1. The van der Waals surface area contributed by atoms with Crippen LogP contribution in [0.3, 0.4) is 0 Å². The molecule has 0 aromatic carbocycles. The van der Waals surface area contributed by atoms with Gasteiger partial charge in [-0.15, -0.1) is 11.3 Å². The summed E-state index contributed by atoms with van der Waals surface area (Å²) in [5.74, 6) is 0.435. The van der Waals surface area contributed by atoms with Crippen molar-refractivity contribution >= 4 is 40.5 Å². The average molecular weight is 325 g/mol. The van der Waals surface area contributed by atoms with Gasteiger partial charge in [-0.3, -0.25) is 4.79 Å². The first-order chi connectivity index (χ1) is 10.2. The highest BCUT2D eigenvalue weighted by Crippen LogP contribution is 2.22. The van der Waals surface area contributed by atoms with E-state index >= 15 is 0 Å². The van der Waals surface area contributed by atoms with E-state index in [1.807, 2.05) is 4.90 Å². The predicted octanol–water partition coefficient (Wildman–Crippen LogP) is 2.28. The topological polar surface area (TPSA) is 67.4 Å². The predicted molar refractivity (Wildman–Crippen MR) is 82.3 cm³/mol. The number of anilines is 2. The molecular weight excluding hydrogens is 312 g/mol. The molecule has 1 fully saturated rings. The van der Waals surface area contributed by atoms with Crippen molar-refractivity contribution in [1.29, 1.82) is 0 Å². The van der Waals surface area contributed by atoms with E-state index in [9.17, 15) is 4.79 Å². The van der Waals surface area contributed by atoms with Crippen molar-refractivity contribution < 1.29 is 9.53 Å². The highest BCUT2D eigenvalue weighted by atomic mass is 35.5. The van der Waals surface area contributed by atoms with Crippen molar-refractivity contribution in [1.82, 2.24) is 9.97 Å². The summed E-state index contributed by atoms with van der Waals surface area (Å²) in [6, 6.07) is 3.38. The second kappa shape index (κ2) is 6.38. The number of hydrogen-bond acceptors (Lipinski definition) is 6. The zero-order chi connectivity index (χ0) is 14.7.